The molecule has 150 valence electrons. The van der Waals surface area contributed by atoms with Crippen molar-refractivity contribution in [2.24, 2.45) is 0 Å². The summed E-state index contributed by atoms with van der Waals surface area (Å²) in [6.45, 7) is 2.65. The smallest absolute Gasteiger partial charge is 0.243 e. The summed E-state index contributed by atoms with van der Waals surface area (Å²) in [7, 11) is 3.19. The zero-order valence-corrected chi connectivity index (χ0v) is 16.7. The Labute approximate surface area is 166 Å². The molecule has 6 heteroatoms. The summed E-state index contributed by atoms with van der Waals surface area (Å²) in [4.78, 5) is 26.9. The standard InChI is InChI=1S/C22H28N2O4/c1-17(25)24(16-19-9-11-20(28-3)12-10-19)21(22(26)23-13-14-27-2)15-18-7-5-4-6-8-18/h4-12,21H,13-16H2,1-3H3,(H,23,26)/t21-/m0/s1. The van der Waals surface area contributed by atoms with Crippen molar-refractivity contribution in [3.05, 3.63) is 65.7 Å². The predicted octanol–water partition coefficient (Wildman–Crippen LogP) is 2.42. The third kappa shape index (κ3) is 6.39. The van der Waals surface area contributed by atoms with Crippen molar-refractivity contribution in [2.75, 3.05) is 27.4 Å². The Morgan fingerprint density at radius 2 is 1.68 bits per heavy atom. The number of methoxy groups -OCH3 is 2. The molecule has 1 N–H and O–H groups in total. The Hall–Kier alpha value is -2.86. The Balaban J connectivity index is 2.23. The van der Waals surface area contributed by atoms with Crippen molar-refractivity contribution < 1.29 is 19.1 Å². The van der Waals surface area contributed by atoms with Crippen LogP contribution in [0.1, 0.15) is 18.1 Å². The molecule has 0 bridgehead atoms. The van der Waals surface area contributed by atoms with Crippen LogP contribution in [0, 0.1) is 0 Å². The maximum atomic E-state index is 12.9. The Kier molecular flexibility index (Phi) is 8.49. The maximum absolute atomic E-state index is 12.9. The second-order valence-corrected chi connectivity index (χ2v) is 6.48. The number of nitrogens with zero attached hydrogens (tertiary/aromatic N) is 1. The van der Waals surface area contributed by atoms with Gasteiger partial charge >= 0.3 is 0 Å². The van der Waals surface area contributed by atoms with Crippen LogP contribution in [0.2, 0.25) is 0 Å². The molecule has 1 atom stereocenters. The van der Waals surface area contributed by atoms with Crippen LogP contribution < -0.4 is 10.1 Å². The minimum atomic E-state index is -0.612. The number of hydrogen-bond donors (Lipinski definition) is 1. The van der Waals surface area contributed by atoms with E-state index in [1.54, 1.807) is 19.1 Å². The van der Waals surface area contributed by atoms with E-state index in [4.69, 9.17) is 9.47 Å². The summed E-state index contributed by atoms with van der Waals surface area (Å²) in [5.74, 6) is 0.402. The van der Waals surface area contributed by atoms with Gasteiger partial charge in [0.15, 0.2) is 0 Å². The van der Waals surface area contributed by atoms with Gasteiger partial charge in [-0.15, -0.1) is 0 Å². The first-order valence-electron chi connectivity index (χ1n) is 9.26. The molecule has 0 aliphatic heterocycles. The quantitative estimate of drug-likeness (QED) is 0.639. The number of nitrogens with one attached hydrogen (secondary N) is 1. The lowest BCUT2D eigenvalue weighted by atomic mass is 10.0. The highest BCUT2D eigenvalue weighted by Gasteiger charge is 2.28. The third-order valence-electron chi connectivity index (χ3n) is 4.47. The van der Waals surface area contributed by atoms with Crippen LogP contribution in [0.3, 0.4) is 0 Å². The Morgan fingerprint density at radius 1 is 1.00 bits per heavy atom. The fourth-order valence-corrected chi connectivity index (χ4v) is 2.94. The van der Waals surface area contributed by atoms with E-state index in [-0.39, 0.29) is 11.8 Å². The van der Waals surface area contributed by atoms with E-state index in [9.17, 15) is 9.59 Å². The zero-order chi connectivity index (χ0) is 20.4. The van der Waals surface area contributed by atoms with Crippen LogP contribution in [0.25, 0.3) is 0 Å². The molecule has 0 saturated heterocycles. The zero-order valence-electron chi connectivity index (χ0n) is 16.7. The molecule has 0 saturated carbocycles. The number of benzene rings is 2. The lowest BCUT2D eigenvalue weighted by molar-refractivity contribution is -0.139. The van der Waals surface area contributed by atoms with Crippen molar-refractivity contribution in [1.29, 1.82) is 0 Å². The topological polar surface area (TPSA) is 67.9 Å². The van der Waals surface area contributed by atoms with Gasteiger partial charge in [0.05, 0.1) is 13.7 Å². The number of rotatable bonds is 10. The van der Waals surface area contributed by atoms with E-state index in [1.165, 1.54) is 6.92 Å². The molecule has 0 fully saturated rings. The van der Waals surface area contributed by atoms with Gasteiger partial charge in [-0.05, 0) is 23.3 Å². The van der Waals surface area contributed by atoms with Crippen LogP contribution in [-0.4, -0.2) is 50.1 Å². The molecule has 0 aliphatic rings. The van der Waals surface area contributed by atoms with E-state index in [1.807, 2.05) is 54.6 Å². The van der Waals surface area contributed by atoms with E-state index < -0.39 is 6.04 Å². The molecule has 6 nitrogen and oxygen atoms in total. The molecule has 28 heavy (non-hydrogen) atoms. The number of hydrogen-bond acceptors (Lipinski definition) is 4. The fourth-order valence-electron chi connectivity index (χ4n) is 2.94. The molecule has 2 amide bonds. The van der Waals surface area contributed by atoms with Crippen molar-refractivity contribution >= 4 is 11.8 Å². The predicted molar refractivity (Wildman–Crippen MR) is 108 cm³/mol. The average Bonchev–Trinajstić information content (AvgIpc) is 2.71. The summed E-state index contributed by atoms with van der Waals surface area (Å²) >= 11 is 0. The number of ether oxygens (including phenoxy) is 2. The summed E-state index contributed by atoms with van der Waals surface area (Å²) in [6, 6.07) is 16.6. The van der Waals surface area contributed by atoms with E-state index in [0.717, 1.165) is 16.9 Å². The first-order chi connectivity index (χ1) is 13.5. The molecular weight excluding hydrogens is 356 g/mol. The third-order valence-corrected chi connectivity index (χ3v) is 4.47. The first-order valence-corrected chi connectivity index (χ1v) is 9.26. The highest BCUT2D eigenvalue weighted by Crippen LogP contribution is 2.17. The van der Waals surface area contributed by atoms with Crippen molar-refractivity contribution in [3.63, 3.8) is 0 Å². The van der Waals surface area contributed by atoms with Gasteiger partial charge in [0.1, 0.15) is 11.8 Å². The maximum Gasteiger partial charge on any atom is 0.243 e. The second kappa shape index (κ2) is 11.1. The van der Waals surface area contributed by atoms with Gasteiger partial charge in [0, 0.05) is 33.5 Å². The lowest BCUT2D eigenvalue weighted by Gasteiger charge is -2.30. The highest BCUT2D eigenvalue weighted by molar-refractivity contribution is 5.87. The molecule has 0 spiro atoms. The summed E-state index contributed by atoms with van der Waals surface area (Å²) < 4.78 is 10.2. The lowest BCUT2D eigenvalue weighted by Crippen LogP contribution is -2.50. The van der Waals surface area contributed by atoms with Crippen molar-refractivity contribution in [1.82, 2.24) is 10.2 Å². The summed E-state index contributed by atoms with van der Waals surface area (Å²) in [6.07, 6.45) is 0.440. The molecule has 0 unspecified atom stereocenters. The van der Waals surface area contributed by atoms with Crippen molar-refractivity contribution in [3.8, 4) is 5.75 Å². The SMILES string of the molecule is COCCNC(=O)[C@H](Cc1ccccc1)N(Cc1ccc(OC)cc1)C(C)=O. The van der Waals surface area contributed by atoms with Gasteiger partial charge in [0.25, 0.3) is 0 Å². The van der Waals surface area contributed by atoms with Crippen molar-refractivity contribution in [2.45, 2.75) is 25.9 Å². The van der Waals surface area contributed by atoms with E-state index in [2.05, 4.69) is 5.32 Å². The molecule has 0 radical (unpaired) electrons. The van der Waals surface area contributed by atoms with Crippen LogP contribution >= 0.6 is 0 Å². The van der Waals surface area contributed by atoms with Crippen LogP contribution in [0.5, 0.6) is 5.75 Å². The molecule has 2 aromatic rings. The van der Waals surface area contributed by atoms with Gasteiger partial charge < -0.3 is 19.7 Å². The first kappa shape index (κ1) is 21.4. The molecule has 2 aromatic carbocycles. The van der Waals surface area contributed by atoms with Gasteiger partial charge in [-0.2, -0.15) is 0 Å². The van der Waals surface area contributed by atoms with Gasteiger partial charge in [-0.3, -0.25) is 9.59 Å². The number of amides is 2. The van der Waals surface area contributed by atoms with Crippen LogP contribution in [0.15, 0.2) is 54.6 Å². The fraction of sp³-hybridized carbons (Fsp3) is 0.364. The van der Waals surface area contributed by atoms with E-state index in [0.29, 0.717) is 26.1 Å². The van der Waals surface area contributed by atoms with Gasteiger partial charge in [-0.1, -0.05) is 42.5 Å². The van der Waals surface area contributed by atoms with E-state index >= 15 is 0 Å². The number of carbonyl (C=O) groups is 2. The largest absolute Gasteiger partial charge is 0.497 e. The molecule has 0 heterocycles. The molecule has 0 aromatic heterocycles. The van der Waals surface area contributed by atoms with Gasteiger partial charge in [-0.25, -0.2) is 0 Å². The second-order valence-electron chi connectivity index (χ2n) is 6.48. The molecule has 2 rings (SSSR count). The normalized spacial score (nSPS) is 11.5. The minimum absolute atomic E-state index is 0.154. The summed E-state index contributed by atoms with van der Waals surface area (Å²) in [5.41, 5.74) is 1.93. The molecule has 0 aliphatic carbocycles. The number of carbonyl (C=O) groups excluding carboxylic acids is 2. The minimum Gasteiger partial charge on any atom is -0.497 e. The van der Waals surface area contributed by atoms with Gasteiger partial charge in [0.2, 0.25) is 11.8 Å². The highest BCUT2D eigenvalue weighted by atomic mass is 16.5. The molecular formula is C22H28N2O4. The summed E-state index contributed by atoms with van der Waals surface area (Å²) in [5, 5.41) is 2.87. The Morgan fingerprint density at radius 3 is 2.25 bits per heavy atom. The Bertz CT molecular complexity index is 747. The van der Waals surface area contributed by atoms with Crippen LogP contribution in [-0.2, 0) is 27.3 Å². The average molecular weight is 384 g/mol. The monoisotopic (exact) mass is 384 g/mol. The van der Waals surface area contributed by atoms with Crippen LogP contribution in [0.4, 0.5) is 0 Å².